The van der Waals surface area contributed by atoms with Crippen molar-refractivity contribution in [2.75, 3.05) is 17.2 Å². The second-order valence-electron chi connectivity index (χ2n) is 5.02. The summed E-state index contributed by atoms with van der Waals surface area (Å²) < 4.78 is 30.4. The molecule has 0 saturated heterocycles. The van der Waals surface area contributed by atoms with Gasteiger partial charge in [-0.2, -0.15) is 0 Å². The van der Waals surface area contributed by atoms with Crippen molar-refractivity contribution in [3.63, 3.8) is 0 Å². The normalized spacial score (nSPS) is 11.0. The Balaban J connectivity index is 2.28. The molecule has 23 heavy (non-hydrogen) atoms. The Bertz CT molecular complexity index is 755. The Hall–Kier alpha value is -2.34. The molecular formula is C17H19NO4S. The second kappa shape index (κ2) is 7.28. The van der Waals surface area contributed by atoms with Crippen LogP contribution >= 0.6 is 0 Å². The van der Waals surface area contributed by atoms with Gasteiger partial charge in [0.25, 0.3) is 0 Å². The summed E-state index contributed by atoms with van der Waals surface area (Å²) in [5.41, 5.74) is 1.78. The number of anilines is 1. The van der Waals surface area contributed by atoms with Crippen LogP contribution in [0, 0.1) is 0 Å². The molecule has 0 fully saturated rings. The highest BCUT2D eigenvalue weighted by atomic mass is 32.2. The fourth-order valence-electron chi connectivity index (χ4n) is 2.13. The molecule has 0 unspecified atom stereocenters. The third-order valence-corrected chi connectivity index (χ3v) is 4.38. The monoisotopic (exact) mass is 333 g/mol. The fraction of sp³-hybridized carbons (Fsp3) is 0.235. The van der Waals surface area contributed by atoms with Crippen LogP contribution in [-0.4, -0.2) is 27.2 Å². The summed E-state index contributed by atoms with van der Waals surface area (Å²) in [5, 5.41) is 0. The molecule has 122 valence electrons. The first-order valence-corrected chi connectivity index (χ1v) is 9.05. The van der Waals surface area contributed by atoms with Crippen LogP contribution in [0.25, 0.3) is 0 Å². The van der Waals surface area contributed by atoms with E-state index >= 15 is 0 Å². The van der Waals surface area contributed by atoms with E-state index in [2.05, 4.69) is 0 Å². The SMILES string of the molecule is CCOC(=O)c1ccc(N(Cc2ccccc2)S(C)(=O)=O)cc1. The summed E-state index contributed by atoms with van der Waals surface area (Å²) in [6, 6.07) is 15.7. The van der Waals surface area contributed by atoms with Gasteiger partial charge >= 0.3 is 5.97 Å². The van der Waals surface area contributed by atoms with E-state index in [0.717, 1.165) is 11.8 Å². The Labute approximate surface area is 136 Å². The first-order valence-electron chi connectivity index (χ1n) is 7.20. The first-order chi connectivity index (χ1) is 10.9. The maximum absolute atomic E-state index is 12.1. The molecule has 0 bridgehead atoms. The molecule has 0 aromatic heterocycles. The summed E-state index contributed by atoms with van der Waals surface area (Å²) in [6.45, 7) is 2.26. The molecule has 0 radical (unpaired) electrons. The minimum atomic E-state index is -3.44. The third kappa shape index (κ3) is 4.56. The average Bonchev–Trinajstić information content (AvgIpc) is 2.53. The molecule has 0 N–H and O–H groups in total. The minimum absolute atomic E-state index is 0.235. The van der Waals surface area contributed by atoms with Gasteiger partial charge in [0.1, 0.15) is 0 Å². The Kier molecular flexibility index (Phi) is 5.39. The lowest BCUT2D eigenvalue weighted by molar-refractivity contribution is 0.0526. The number of benzene rings is 2. The van der Waals surface area contributed by atoms with E-state index in [1.54, 1.807) is 31.2 Å². The smallest absolute Gasteiger partial charge is 0.338 e. The molecule has 2 rings (SSSR count). The van der Waals surface area contributed by atoms with Crippen LogP contribution in [-0.2, 0) is 21.3 Å². The van der Waals surface area contributed by atoms with Crippen LogP contribution in [0.3, 0.4) is 0 Å². The van der Waals surface area contributed by atoms with E-state index in [1.165, 1.54) is 4.31 Å². The van der Waals surface area contributed by atoms with Crippen molar-refractivity contribution in [2.24, 2.45) is 0 Å². The molecule has 0 aliphatic rings. The predicted octanol–water partition coefficient (Wildman–Crippen LogP) is 2.83. The highest BCUT2D eigenvalue weighted by Crippen LogP contribution is 2.21. The van der Waals surface area contributed by atoms with Crippen LogP contribution < -0.4 is 4.31 Å². The number of sulfonamides is 1. The zero-order valence-corrected chi connectivity index (χ0v) is 13.9. The number of nitrogens with zero attached hydrogens (tertiary/aromatic N) is 1. The molecule has 0 amide bonds. The van der Waals surface area contributed by atoms with Gasteiger partial charge in [-0.3, -0.25) is 4.31 Å². The highest BCUT2D eigenvalue weighted by molar-refractivity contribution is 7.92. The minimum Gasteiger partial charge on any atom is -0.462 e. The van der Waals surface area contributed by atoms with Gasteiger partial charge in [0.15, 0.2) is 0 Å². The summed E-state index contributed by atoms with van der Waals surface area (Å²) in [6.07, 6.45) is 1.16. The van der Waals surface area contributed by atoms with Gasteiger partial charge in [0.05, 0.1) is 30.7 Å². The number of hydrogen-bond acceptors (Lipinski definition) is 4. The highest BCUT2D eigenvalue weighted by Gasteiger charge is 2.18. The van der Waals surface area contributed by atoms with Gasteiger partial charge in [-0.05, 0) is 36.8 Å². The van der Waals surface area contributed by atoms with Crippen LogP contribution in [0.1, 0.15) is 22.8 Å². The van der Waals surface area contributed by atoms with E-state index in [0.29, 0.717) is 17.9 Å². The van der Waals surface area contributed by atoms with Crippen molar-refractivity contribution in [1.29, 1.82) is 0 Å². The van der Waals surface area contributed by atoms with Crippen molar-refractivity contribution >= 4 is 21.7 Å². The predicted molar refractivity (Wildman–Crippen MR) is 89.9 cm³/mol. The Morgan fingerprint density at radius 3 is 2.17 bits per heavy atom. The maximum atomic E-state index is 12.1. The van der Waals surface area contributed by atoms with Crippen LogP contribution in [0.4, 0.5) is 5.69 Å². The van der Waals surface area contributed by atoms with E-state index in [9.17, 15) is 13.2 Å². The molecule has 0 aliphatic carbocycles. The molecule has 2 aromatic rings. The summed E-state index contributed by atoms with van der Waals surface area (Å²) >= 11 is 0. The van der Waals surface area contributed by atoms with Crippen molar-refractivity contribution < 1.29 is 17.9 Å². The maximum Gasteiger partial charge on any atom is 0.338 e. The number of carbonyl (C=O) groups excluding carboxylic acids is 1. The molecule has 5 nitrogen and oxygen atoms in total. The van der Waals surface area contributed by atoms with Gasteiger partial charge in [0, 0.05) is 0 Å². The number of esters is 1. The zero-order chi connectivity index (χ0) is 16.9. The average molecular weight is 333 g/mol. The molecule has 0 heterocycles. The van der Waals surface area contributed by atoms with Gasteiger partial charge in [-0.25, -0.2) is 13.2 Å². The molecule has 2 aromatic carbocycles. The Morgan fingerprint density at radius 2 is 1.65 bits per heavy atom. The van der Waals surface area contributed by atoms with Gasteiger partial charge in [-0.1, -0.05) is 30.3 Å². The first kappa shape index (κ1) is 17.0. The topological polar surface area (TPSA) is 63.7 Å². The van der Waals surface area contributed by atoms with Crippen LogP contribution in [0.2, 0.25) is 0 Å². The Morgan fingerprint density at radius 1 is 1.04 bits per heavy atom. The lowest BCUT2D eigenvalue weighted by Gasteiger charge is -2.22. The lowest BCUT2D eigenvalue weighted by Crippen LogP contribution is -2.29. The lowest BCUT2D eigenvalue weighted by atomic mass is 10.2. The quantitative estimate of drug-likeness (QED) is 0.763. The van der Waals surface area contributed by atoms with Crippen molar-refractivity contribution in [3.05, 3.63) is 65.7 Å². The van der Waals surface area contributed by atoms with E-state index in [-0.39, 0.29) is 6.54 Å². The van der Waals surface area contributed by atoms with E-state index in [1.807, 2.05) is 30.3 Å². The third-order valence-electron chi connectivity index (χ3n) is 3.24. The van der Waals surface area contributed by atoms with Gasteiger partial charge in [-0.15, -0.1) is 0 Å². The van der Waals surface area contributed by atoms with E-state index in [4.69, 9.17) is 4.74 Å². The fourth-order valence-corrected chi connectivity index (χ4v) is 3.02. The van der Waals surface area contributed by atoms with Gasteiger partial charge in [0.2, 0.25) is 10.0 Å². The van der Waals surface area contributed by atoms with Crippen LogP contribution in [0.15, 0.2) is 54.6 Å². The number of hydrogen-bond donors (Lipinski definition) is 0. The summed E-state index contributed by atoms with van der Waals surface area (Å²) in [4.78, 5) is 11.7. The molecular weight excluding hydrogens is 314 g/mol. The molecule has 0 aliphatic heterocycles. The summed E-state index contributed by atoms with van der Waals surface area (Å²) in [5.74, 6) is -0.423. The molecule has 0 spiro atoms. The molecule has 0 atom stereocenters. The van der Waals surface area contributed by atoms with Crippen molar-refractivity contribution in [1.82, 2.24) is 0 Å². The van der Waals surface area contributed by atoms with Gasteiger partial charge < -0.3 is 4.74 Å². The molecule has 0 saturated carbocycles. The number of carbonyl (C=O) groups is 1. The molecule has 6 heteroatoms. The zero-order valence-electron chi connectivity index (χ0n) is 13.1. The van der Waals surface area contributed by atoms with Crippen molar-refractivity contribution in [2.45, 2.75) is 13.5 Å². The largest absolute Gasteiger partial charge is 0.462 e. The summed E-state index contributed by atoms with van der Waals surface area (Å²) in [7, 11) is -3.44. The second-order valence-corrected chi connectivity index (χ2v) is 6.93. The van der Waals surface area contributed by atoms with E-state index < -0.39 is 16.0 Å². The number of ether oxygens (including phenoxy) is 1. The van der Waals surface area contributed by atoms with Crippen molar-refractivity contribution in [3.8, 4) is 0 Å². The standard InChI is InChI=1S/C17H19NO4S/c1-3-22-17(19)15-9-11-16(12-10-15)18(23(2,20)21)13-14-7-5-4-6-8-14/h4-12H,3,13H2,1-2H3. The number of rotatable bonds is 6. The van der Waals surface area contributed by atoms with Crippen LogP contribution in [0.5, 0.6) is 0 Å².